The molecular weight excluding hydrogens is 472 g/mol. The Kier molecular flexibility index (Phi) is 5.28. The third-order valence-electron chi connectivity index (χ3n) is 1.35. The molecule has 0 N–H and O–H groups in total. The number of fused-ring (bicyclic) bond motifs is 1. The maximum atomic E-state index is 8.48. The molecule has 0 saturated heterocycles. The Hall–Kier alpha value is -0.326. The second kappa shape index (κ2) is 5.41. The molecule has 2 aromatic rings. The molecule has 0 aliphatic carbocycles. The fraction of sp³-hybridized carbons (Fsp3) is 0. The zero-order chi connectivity index (χ0) is 7.68. The van der Waals surface area contributed by atoms with Gasteiger partial charge in [-0.2, -0.15) is 11.3 Å². The average molecular weight is 475 g/mol. The predicted octanol–water partition coefficient (Wildman–Crippen LogP) is 1.50. The number of hydrogen-bond acceptors (Lipinski definition) is 3. The van der Waals surface area contributed by atoms with Gasteiger partial charge in [0.15, 0.2) is 0 Å². The van der Waals surface area contributed by atoms with Crippen LogP contribution in [0.4, 0.5) is 0 Å². The summed E-state index contributed by atoms with van der Waals surface area (Å²) in [7, 11) is 0. The van der Waals surface area contributed by atoms with Crippen LogP contribution in [0.1, 0.15) is 5.69 Å². The van der Waals surface area contributed by atoms with E-state index in [9.17, 15) is 0 Å². The van der Waals surface area contributed by atoms with Crippen LogP contribution in [0.15, 0.2) is 22.8 Å². The van der Waals surface area contributed by atoms with Crippen molar-refractivity contribution in [1.82, 2.24) is 4.98 Å². The molecular formula is C8H3AmN2OY-. The van der Waals surface area contributed by atoms with Crippen LogP contribution in [0.25, 0.3) is 11.1 Å². The third kappa shape index (κ3) is 2.56. The number of pyridine rings is 1. The molecule has 3 nitrogen and oxygen atoms in total. The molecule has 5 heteroatoms. The minimum absolute atomic E-state index is 0. The van der Waals surface area contributed by atoms with Gasteiger partial charge >= 0.3 is 0 Å². The van der Waals surface area contributed by atoms with Gasteiger partial charge in [-0.25, -0.2) is 0 Å². The van der Waals surface area contributed by atoms with E-state index in [2.05, 4.69) is 11.1 Å². The van der Waals surface area contributed by atoms with E-state index in [1.165, 1.54) is 6.26 Å². The first-order chi connectivity index (χ1) is 5.40. The summed E-state index contributed by atoms with van der Waals surface area (Å²) >= 11 is 0. The van der Waals surface area contributed by atoms with E-state index in [-0.39, 0.29) is 47.0 Å². The molecule has 0 aliphatic heterocycles. The van der Waals surface area contributed by atoms with Crippen molar-refractivity contribution < 1.29 is 51.4 Å². The maximum Gasteiger partial charge on any atom is 0.136 e. The van der Waals surface area contributed by atoms with Gasteiger partial charge in [-0.1, -0.05) is 11.6 Å². The molecule has 0 atom stereocenters. The molecule has 2 heterocycles. The number of rotatable bonds is 0. The summed E-state index contributed by atoms with van der Waals surface area (Å²) in [6, 6.07) is 8.02. The van der Waals surface area contributed by atoms with Crippen LogP contribution in [0.3, 0.4) is 0 Å². The number of furan rings is 1. The molecule has 0 amide bonds. The van der Waals surface area contributed by atoms with E-state index in [0.29, 0.717) is 16.8 Å². The van der Waals surface area contributed by atoms with E-state index < -0.39 is 0 Å². The summed E-state index contributed by atoms with van der Waals surface area (Å²) in [4.78, 5) is 3.94. The van der Waals surface area contributed by atoms with Gasteiger partial charge in [-0.15, -0.1) is 0 Å². The molecule has 2 aromatic heterocycles. The summed E-state index contributed by atoms with van der Waals surface area (Å²) in [5, 5.41) is 8.48. The van der Waals surface area contributed by atoms with Crippen molar-refractivity contribution in [2.45, 2.75) is 0 Å². The standard InChI is InChI=1S/C8H3N2O.Am.Y/c9-5-6-1-2-8-7(10-6)3-4-11-8;;/h1-2,4H;;/q-1;;. The minimum Gasteiger partial charge on any atom is -0.567 e. The second-order valence-electron chi connectivity index (χ2n) is 2.04. The zero-order valence-corrected chi connectivity index (χ0v) is 12.5. The van der Waals surface area contributed by atoms with E-state index in [0.717, 1.165) is 0 Å². The van der Waals surface area contributed by atoms with Crippen LogP contribution in [-0.2, 0) is 32.7 Å². The second-order valence-corrected chi connectivity index (χ2v) is 2.04. The van der Waals surface area contributed by atoms with Gasteiger partial charge in [0, 0.05) is 47.0 Å². The smallest absolute Gasteiger partial charge is 0.136 e. The van der Waals surface area contributed by atoms with E-state index >= 15 is 0 Å². The van der Waals surface area contributed by atoms with Crippen molar-refractivity contribution in [3.8, 4) is 6.07 Å². The molecule has 0 saturated carbocycles. The van der Waals surface area contributed by atoms with Crippen LogP contribution in [0, 0.1) is 31.7 Å². The monoisotopic (exact) mass is 473 g/mol. The number of hydrogen-bond donors (Lipinski definition) is 0. The fourth-order valence-corrected chi connectivity index (χ4v) is 0.856. The van der Waals surface area contributed by atoms with Crippen LogP contribution >= 0.6 is 0 Å². The molecule has 62 valence electrons. The van der Waals surface area contributed by atoms with Gasteiger partial charge in [0.25, 0.3) is 0 Å². The topological polar surface area (TPSA) is 49.8 Å². The Morgan fingerprint density at radius 3 is 2.92 bits per heavy atom. The number of aromatic nitrogens is 1. The Morgan fingerprint density at radius 2 is 2.23 bits per heavy atom. The van der Waals surface area contributed by atoms with Crippen molar-refractivity contribution in [2.24, 2.45) is 0 Å². The van der Waals surface area contributed by atoms with Crippen molar-refractivity contribution in [1.29, 1.82) is 5.26 Å². The maximum absolute atomic E-state index is 8.48. The van der Waals surface area contributed by atoms with Crippen LogP contribution in [-0.4, -0.2) is 4.98 Å². The predicted molar refractivity (Wildman–Crippen MR) is 37.6 cm³/mol. The van der Waals surface area contributed by atoms with Gasteiger partial charge in [0.05, 0.1) is 0 Å². The molecule has 0 aromatic carbocycles. The summed E-state index contributed by atoms with van der Waals surface area (Å²) in [6.45, 7) is 0. The first-order valence-corrected chi connectivity index (χ1v) is 3.06. The van der Waals surface area contributed by atoms with Crippen molar-refractivity contribution in [2.75, 3.05) is 0 Å². The zero-order valence-electron chi connectivity index (χ0n) is 6.49. The number of nitriles is 1. The first kappa shape index (κ1) is 12.7. The average Bonchev–Trinajstić information content (AvgIpc) is 2.50. The summed E-state index contributed by atoms with van der Waals surface area (Å²) in [5.74, 6) is 0. The molecule has 2 rings (SSSR count). The van der Waals surface area contributed by atoms with E-state index in [4.69, 9.17) is 9.68 Å². The summed E-state index contributed by atoms with van der Waals surface area (Å²) < 4.78 is 4.99. The van der Waals surface area contributed by atoms with Crippen molar-refractivity contribution in [3.05, 3.63) is 30.2 Å². The molecule has 0 spiro atoms. The van der Waals surface area contributed by atoms with Crippen LogP contribution in [0.5, 0.6) is 0 Å². The molecule has 0 bridgehead atoms. The van der Waals surface area contributed by atoms with Gasteiger partial charge in [0.1, 0.15) is 11.8 Å². The van der Waals surface area contributed by atoms with Gasteiger partial charge in [-0.05, 0) is 17.9 Å². The Bertz CT molecular complexity index is 435. The molecule has 0 unspecified atom stereocenters. The van der Waals surface area contributed by atoms with E-state index in [1.807, 2.05) is 6.07 Å². The van der Waals surface area contributed by atoms with Gasteiger partial charge in [-0.3, -0.25) is 4.98 Å². The molecule has 13 heavy (non-hydrogen) atoms. The Balaban J connectivity index is 0.000000720. The molecule has 0 aliphatic rings. The SMILES string of the molecule is N#Cc1ccc2oc[c-]c2n1.[Am].[Y]. The fourth-order valence-electron chi connectivity index (χ4n) is 0.856. The Morgan fingerprint density at radius 1 is 1.46 bits per heavy atom. The van der Waals surface area contributed by atoms with Crippen LogP contribution in [0.2, 0.25) is 0 Å². The van der Waals surface area contributed by atoms with Crippen molar-refractivity contribution >= 4 is 11.1 Å². The first-order valence-electron chi connectivity index (χ1n) is 3.06. The molecule has 0 fully saturated rings. The summed E-state index contributed by atoms with van der Waals surface area (Å²) in [6.07, 6.45) is 1.43. The summed E-state index contributed by atoms with van der Waals surface area (Å²) in [5.41, 5.74) is 1.64. The largest absolute Gasteiger partial charge is 0.567 e. The molecule has 2 radical (unpaired) electrons. The number of nitrogens with zero attached hydrogens (tertiary/aromatic N) is 2. The van der Waals surface area contributed by atoms with Gasteiger partial charge in [0.2, 0.25) is 0 Å². The third-order valence-corrected chi connectivity index (χ3v) is 1.35. The van der Waals surface area contributed by atoms with Crippen molar-refractivity contribution in [3.63, 3.8) is 0 Å². The normalized spacial score (nSPS) is 8.23. The quantitative estimate of drug-likeness (QED) is 0.544. The Labute approximate surface area is 108 Å². The van der Waals surface area contributed by atoms with E-state index in [1.54, 1.807) is 12.1 Å². The van der Waals surface area contributed by atoms with Gasteiger partial charge < -0.3 is 4.42 Å². The minimum atomic E-state index is 0. The van der Waals surface area contributed by atoms with Crippen LogP contribution < -0.4 is 0 Å².